The van der Waals surface area contributed by atoms with Gasteiger partial charge in [0, 0.05) is 23.7 Å². The van der Waals surface area contributed by atoms with Crippen molar-refractivity contribution in [2.75, 3.05) is 5.32 Å². The van der Waals surface area contributed by atoms with Crippen LogP contribution in [0.1, 0.15) is 16.8 Å². The number of thioether (sulfide) groups is 1. The van der Waals surface area contributed by atoms with Gasteiger partial charge in [0.05, 0.1) is 10.7 Å². The minimum Gasteiger partial charge on any atom is -0.369 e. The van der Waals surface area contributed by atoms with Crippen LogP contribution in [-0.4, -0.2) is 20.9 Å². The number of nitrogens with one attached hydrogen (secondary N) is 2. The first-order valence-corrected chi connectivity index (χ1v) is 9.31. The number of anilines is 1. The van der Waals surface area contributed by atoms with Gasteiger partial charge in [0.1, 0.15) is 0 Å². The van der Waals surface area contributed by atoms with Crippen molar-refractivity contribution in [1.29, 1.82) is 0 Å². The van der Waals surface area contributed by atoms with E-state index in [1.54, 1.807) is 6.20 Å². The number of hydrogen-bond donors (Lipinski definition) is 3. The largest absolute Gasteiger partial charge is 0.369 e. The molecule has 2 heterocycles. The number of H-pyrrole nitrogens is 1. The standard InChI is InChI=1S/C19H20N6OS/c1-12-6-7-15(13(2)9-12)23-18(20)25-19-22-14(10-16(26)24-19)11-27-17-5-3-4-8-21-17/h3-10H,11H2,1-2H3,(H4,20,22,23,24,25,26). The Morgan fingerprint density at radius 3 is 2.85 bits per heavy atom. The molecule has 27 heavy (non-hydrogen) atoms. The molecule has 0 aliphatic heterocycles. The van der Waals surface area contributed by atoms with Crippen LogP contribution >= 0.6 is 11.8 Å². The molecule has 0 spiro atoms. The van der Waals surface area contributed by atoms with Gasteiger partial charge in [0.25, 0.3) is 5.56 Å². The number of hydrogen-bond acceptors (Lipinski definition) is 5. The number of nitrogens with two attached hydrogens (primary N) is 1. The summed E-state index contributed by atoms with van der Waals surface area (Å²) >= 11 is 1.49. The number of nitrogens with zero attached hydrogens (tertiary/aromatic N) is 3. The molecule has 138 valence electrons. The first-order chi connectivity index (χ1) is 13.0. The molecule has 3 aromatic rings. The SMILES string of the molecule is Cc1ccc(NC(N)=Nc2nc(CSc3ccccn3)cc(=O)[nH]2)c(C)c1. The molecule has 0 saturated heterocycles. The summed E-state index contributed by atoms with van der Waals surface area (Å²) in [4.78, 5) is 27.3. The van der Waals surface area contributed by atoms with E-state index in [2.05, 4.69) is 25.3 Å². The van der Waals surface area contributed by atoms with Crippen LogP contribution in [-0.2, 0) is 5.75 Å². The highest BCUT2D eigenvalue weighted by Crippen LogP contribution is 2.19. The van der Waals surface area contributed by atoms with Crippen molar-refractivity contribution in [1.82, 2.24) is 15.0 Å². The van der Waals surface area contributed by atoms with Gasteiger partial charge in [0.15, 0.2) is 0 Å². The summed E-state index contributed by atoms with van der Waals surface area (Å²) in [5.41, 5.74) is 9.37. The van der Waals surface area contributed by atoms with Crippen molar-refractivity contribution in [3.8, 4) is 0 Å². The van der Waals surface area contributed by atoms with Gasteiger partial charge in [-0.2, -0.15) is 4.99 Å². The van der Waals surface area contributed by atoms with Crippen LogP contribution in [0.2, 0.25) is 0 Å². The molecule has 1 aromatic carbocycles. The third-order valence-electron chi connectivity index (χ3n) is 3.66. The van der Waals surface area contributed by atoms with Crippen LogP contribution < -0.4 is 16.6 Å². The zero-order valence-corrected chi connectivity index (χ0v) is 15.9. The molecule has 4 N–H and O–H groups in total. The minimum atomic E-state index is -0.278. The summed E-state index contributed by atoms with van der Waals surface area (Å²) in [6, 6.07) is 13.1. The molecule has 0 atom stereocenters. The van der Waals surface area contributed by atoms with Gasteiger partial charge in [-0.1, -0.05) is 23.8 Å². The lowest BCUT2D eigenvalue weighted by molar-refractivity contribution is 1.03. The van der Waals surface area contributed by atoms with E-state index in [0.717, 1.165) is 21.8 Å². The van der Waals surface area contributed by atoms with E-state index in [4.69, 9.17) is 5.73 Å². The lowest BCUT2D eigenvalue weighted by atomic mass is 10.1. The van der Waals surface area contributed by atoms with Crippen molar-refractivity contribution < 1.29 is 0 Å². The Kier molecular flexibility index (Phi) is 5.87. The summed E-state index contributed by atoms with van der Waals surface area (Å²) in [6.07, 6.45) is 1.72. The zero-order valence-electron chi connectivity index (χ0n) is 15.1. The fourth-order valence-corrected chi connectivity index (χ4v) is 3.19. The van der Waals surface area contributed by atoms with Crippen molar-refractivity contribution in [3.63, 3.8) is 0 Å². The summed E-state index contributed by atoms with van der Waals surface area (Å²) in [6.45, 7) is 4.01. The second-order valence-electron chi connectivity index (χ2n) is 5.96. The van der Waals surface area contributed by atoms with Crippen LogP contribution in [0, 0.1) is 13.8 Å². The number of aryl methyl sites for hydroxylation is 2. The topological polar surface area (TPSA) is 109 Å². The van der Waals surface area contributed by atoms with Crippen LogP contribution in [0.15, 0.2) is 63.5 Å². The van der Waals surface area contributed by atoms with E-state index >= 15 is 0 Å². The van der Waals surface area contributed by atoms with Crippen LogP contribution in [0.5, 0.6) is 0 Å². The monoisotopic (exact) mass is 380 g/mol. The molecule has 2 aromatic heterocycles. The van der Waals surface area contributed by atoms with E-state index in [-0.39, 0.29) is 17.5 Å². The Morgan fingerprint density at radius 2 is 2.11 bits per heavy atom. The highest BCUT2D eigenvalue weighted by Gasteiger charge is 2.05. The molecule has 7 nitrogen and oxygen atoms in total. The number of pyridine rings is 1. The highest BCUT2D eigenvalue weighted by atomic mass is 32.2. The maximum absolute atomic E-state index is 11.9. The number of aromatic amines is 1. The lowest BCUT2D eigenvalue weighted by Crippen LogP contribution is -2.23. The summed E-state index contributed by atoms with van der Waals surface area (Å²) in [5, 5.41) is 3.89. The van der Waals surface area contributed by atoms with E-state index in [9.17, 15) is 4.79 Å². The smallest absolute Gasteiger partial charge is 0.252 e. The lowest BCUT2D eigenvalue weighted by Gasteiger charge is -2.09. The molecule has 0 unspecified atom stereocenters. The van der Waals surface area contributed by atoms with E-state index < -0.39 is 0 Å². The summed E-state index contributed by atoms with van der Waals surface area (Å²) in [7, 11) is 0. The highest BCUT2D eigenvalue weighted by molar-refractivity contribution is 7.98. The van der Waals surface area contributed by atoms with Crippen LogP contribution in [0.4, 0.5) is 11.6 Å². The summed E-state index contributed by atoms with van der Waals surface area (Å²) in [5.74, 6) is 0.821. The Balaban J connectivity index is 1.74. The van der Waals surface area contributed by atoms with Gasteiger partial charge < -0.3 is 11.1 Å². The van der Waals surface area contributed by atoms with Gasteiger partial charge in [-0.15, -0.1) is 11.8 Å². The van der Waals surface area contributed by atoms with Gasteiger partial charge in [-0.05, 0) is 37.6 Å². The van der Waals surface area contributed by atoms with Gasteiger partial charge in [-0.25, -0.2) is 9.97 Å². The summed E-state index contributed by atoms with van der Waals surface area (Å²) < 4.78 is 0. The van der Waals surface area contributed by atoms with E-state index in [1.165, 1.54) is 17.8 Å². The molecule has 0 aliphatic rings. The second-order valence-corrected chi connectivity index (χ2v) is 6.95. The van der Waals surface area contributed by atoms with Crippen LogP contribution in [0.3, 0.4) is 0 Å². The van der Waals surface area contributed by atoms with Gasteiger partial charge in [-0.3, -0.25) is 9.78 Å². The minimum absolute atomic E-state index is 0.152. The van der Waals surface area contributed by atoms with Crippen molar-refractivity contribution >= 4 is 29.4 Å². The molecule has 3 rings (SSSR count). The molecule has 0 radical (unpaired) electrons. The Hall–Kier alpha value is -3.13. The average molecular weight is 380 g/mol. The first kappa shape index (κ1) is 18.7. The number of guanidine groups is 1. The third kappa shape index (κ3) is 5.42. The van der Waals surface area contributed by atoms with Crippen molar-refractivity contribution in [2.45, 2.75) is 24.6 Å². The molecule has 0 fully saturated rings. The molecule has 0 saturated carbocycles. The molecular weight excluding hydrogens is 360 g/mol. The number of aromatic nitrogens is 3. The number of rotatable bonds is 5. The Morgan fingerprint density at radius 1 is 1.26 bits per heavy atom. The molecule has 0 bridgehead atoms. The predicted octanol–water partition coefficient (Wildman–Crippen LogP) is 3.13. The number of benzene rings is 1. The van der Waals surface area contributed by atoms with E-state index in [0.29, 0.717) is 11.4 Å². The number of aliphatic imine (C=N–C) groups is 1. The third-order valence-corrected chi connectivity index (χ3v) is 4.64. The Bertz CT molecular complexity index is 1020. The fraction of sp³-hybridized carbons (Fsp3) is 0.158. The molecule has 8 heteroatoms. The van der Waals surface area contributed by atoms with Gasteiger partial charge in [0.2, 0.25) is 11.9 Å². The molecular formula is C19H20N6OS. The second kappa shape index (κ2) is 8.50. The quantitative estimate of drug-likeness (QED) is 0.356. The first-order valence-electron chi connectivity index (χ1n) is 8.32. The molecule has 0 aliphatic carbocycles. The zero-order chi connectivity index (χ0) is 19.2. The maximum Gasteiger partial charge on any atom is 0.252 e. The molecule has 0 amide bonds. The van der Waals surface area contributed by atoms with E-state index in [1.807, 2.05) is 50.2 Å². The normalized spacial score (nSPS) is 11.4. The van der Waals surface area contributed by atoms with Gasteiger partial charge >= 0.3 is 0 Å². The maximum atomic E-state index is 11.9. The van der Waals surface area contributed by atoms with Crippen molar-refractivity contribution in [2.24, 2.45) is 10.7 Å². The predicted molar refractivity (Wildman–Crippen MR) is 109 cm³/mol. The van der Waals surface area contributed by atoms with Crippen LogP contribution in [0.25, 0.3) is 0 Å². The fourth-order valence-electron chi connectivity index (χ4n) is 2.43. The van der Waals surface area contributed by atoms with Crippen molar-refractivity contribution in [3.05, 3.63) is 75.8 Å². The Labute approximate surface area is 161 Å². The average Bonchev–Trinajstić information content (AvgIpc) is 2.63.